The molecule has 5 rings (SSSR count). The maximum Gasteiger partial charge on any atom is 0.345 e. The zero-order chi connectivity index (χ0) is 27.5. The highest BCUT2D eigenvalue weighted by atomic mass is 127. The second-order valence-corrected chi connectivity index (χ2v) is 11.1. The molecule has 6 nitrogen and oxygen atoms in total. The van der Waals surface area contributed by atoms with E-state index in [2.05, 4.69) is 0 Å². The fraction of sp³-hybridized carbons (Fsp3) is 0.100. The number of hydrogen-bond acceptors (Lipinski definition) is 6. The standard InChI is InChI=1S/C30H21ClINO5S/c1-2-37-25-15-18(14-24(32)27(25)38-29(35)22-12-5-6-13-23(22)31)16-26-28(34)33(30(36)39-26)17-20-10-7-9-19-8-3-4-11-21(19)20/h3-16H,2,17H2,1H3/b26-16-. The van der Waals surface area contributed by atoms with Crippen LogP contribution in [0.5, 0.6) is 11.5 Å². The van der Waals surface area contributed by atoms with Crippen LogP contribution < -0.4 is 9.47 Å². The lowest BCUT2D eigenvalue weighted by Crippen LogP contribution is -2.27. The molecule has 9 heteroatoms. The van der Waals surface area contributed by atoms with Crippen LogP contribution in [0.15, 0.2) is 83.8 Å². The molecular formula is C30H21ClINO5S. The summed E-state index contributed by atoms with van der Waals surface area (Å²) in [6.07, 6.45) is 1.65. The highest BCUT2D eigenvalue weighted by Crippen LogP contribution is 2.38. The summed E-state index contributed by atoms with van der Waals surface area (Å²) in [4.78, 5) is 40.4. The summed E-state index contributed by atoms with van der Waals surface area (Å²) in [5.74, 6) is -0.378. The Morgan fingerprint density at radius 2 is 1.77 bits per heavy atom. The van der Waals surface area contributed by atoms with Crippen molar-refractivity contribution < 1.29 is 23.9 Å². The maximum atomic E-state index is 13.3. The summed E-state index contributed by atoms with van der Waals surface area (Å²) in [5, 5.41) is 2.00. The number of rotatable bonds is 7. The van der Waals surface area contributed by atoms with Gasteiger partial charge in [0.2, 0.25) is 0 Å². The van der Waals surface area contributed by atoms with Gasteiger partial charge in [-0.1, -0.05) is 66.2 Å². The normalized spacial score (nSPS) is 14.3. The molecule has 39 heavy (non-hydrogen) atoms. The summed E-state index contributed by atoms with van der Waals surface area (Å²) < 4.78 is 12.0. The van der Waals surface area contributed by atoms with E-state index < -0.39 is 5.97 Å². The molecule has 196 valence electrons. The molecule has 4 aromatic carbocycles. The summed E-state index contributed by atoms with van der Waals surface area (Å²) in [6, 6.07) is 23.8. The molecule has 4 aromatic rings. The largest absolute Gasteiger partial charge is 0.490 e. The van der Waals surface area contributed by atoms with Crippen LogP contribution in [0.4, 0.5) is 4.79 Å². The van der Waals surface area contributed by atoms with Gasteiger partial charge in [0.1, 0.15) is 0 Å². The van der Waals surface area contributed by atoms with Crippen LogP contribution in [0.2, 0.25) is 5.02 Å². The van der Waals surface area contributed by atoms with E-state index in [-0.39, 0.29) is 34.0 Å². The summed E-state index contributed by atoms with van der Waals surface area (Å²) >= 11 is 9.10. The van der Waals surface area contributed by atoms with Gasteiger partial charge in [0.15, 0.2) is 11.5 Å². The number of hydrogen-bond donors (Lipinski definition) is 0. The number of benzene rings is 4. The Morgan fingerprint density at radius 3 is 2.56 bits per heavy atom. The van der Waals surface area contributed by atoms with Gasteiger partial charge >= 0.3 is 5.97 Å². The average molecular weight is 670 g/mol. The molecule has 1 aliphatic rings. The van der Waals surface area contributed by atoms with Crippen molar-refractivity contribution in [1.82, 2.24) is 4.90 Å². The topological polar surface area (TPSA) is 72.9 Å². The first kappa shape index (κ1) is 27.2. The van der Waals surface area contributed by atoms with E-state index in [1.165, 1.54) is 4.90 Å². The van der Waals surface area contributed by atoms with Crippen LogP contribution in [-0.4, -0.2) is 28.6 Å². The van der Waals surface area contributed by atoms with Gasteiger partial charge in [-0.05, 0) is 93.5 Å². The minimum atomic E-state index is -0.609. The van der Waals surface area contributed by atoms with Gasteiger partial charge in [0.25, 0.3) is 11.1 Å². The predicted molar refractivity (Wildman–Crippen MR) is 162 cm³/mol. The van der Waals surface area contributed by atoms with Crippen LogP contribution in [-0.2, 0) is 11.3 Å². The van der Waals surface area contributed by atoms with Crippen LogP contribution in [0.3, 0.4) is 0 Å². The van der Waals surface area contributed by atoms with Crippen molar-refractivity contribution >= 4 is 79.9 Å². The first-order valence-electron chi connectivity index (χ1n) is 12.0. The smallest absolute Gasteiger partial charge is 0.345 e. The molecule has 0 N–H and O–H groups in total. The van der Waals surface area contributed by atoms with Crippen molar-refractivity contribution in [2.75, 3.05) is 6.61 Å². The van der Waals surface area contributed by atoms with Gasteiger partial charge in [0, 0.05) is 0 Å². The number of fused-ring (bicyclic) bond motifs is 1. The molecule has 0 aliphatic carbocycles. The molecular weight excluding hydrogens is 649 g/mol. The lowest BCUT2D eigenvalue weighted by atomic mass is 10.0. The van der Waals surface area contributed by atoms with Crippen molar-refractivity contribution in [3.05, 3.63) is 109 Å². The van der Waals surface area contributed by atoms with E-state index in [1.807, 2.05) is 72.0 Å². The molecule has 1 heterocycles. The van der Waals surface area contributed by atoms with Crippen molar-refractivity contribution in [3.63, 3.8) is 0 Å². The maximum absolute atomic E-state index is 13.3. The fourth-order valence-corrected chi connectivity index (χ4v) is 5.98. The zero-order valence-corrected chi connectivity index (χ0v) is 24.4. The van der Waals surface area contributed by atoms with Gasteiger partial charge in [0.05, 0.1) is 32.2 Å². The minimum Gasteiger partial charge on any atom is -0.490 e. The Morgan fingerprint density at radius 1 is 1.03 bits per heavy atom. The number of nitrogens with zero attached hydrogens (tertiary/aromatic N) is 1. The number of halogens is 2. The van der Waals surface area contributed by atoms with Crippen molar-refractivity contribution in [1.29, 1.82) is 0 Å². The Bertz CT molecular complexity index is 1650. The van der Waals surface area contributed by atoms with Crippen molar-refractivity contribution in [3.8, 4) is 11.5 Å². The van der Waals surface area contributed by atoms with E-state index in [4.69, 9.17) is 21.1 Å². The Labute approximate surface area is 248 Å². The van der Waals surface area contributed by atoms with Crippen molar-refractivity contribution in [2.45, 2.75) is 13.5 Å². The molecule has 0 atom stereocenters. The van der Waals surface area contributed by atoms with Crippen LogP contribution >= 0.6 is 46.0 Å². The summed E-state index contributed by atoms with van der Waals surface area (Å²) in [6.45, 7) is 2.33. The molecule has 1 saturated heterocycles. The number of carbonyl (C=O) groups is 3. The van der Waals surface area contributed by atoms with Gasteiger partial charge in [-0.2, -0.15) is 0 Å². The van der Waals surface area contributed by atoms with E-state index in [9.17, 15) is 14.4 Å². The van der Waals surface area contributed by atoms with Crippen molar-refractivity contribution in [2.24, 2.45) is 0 Å². The molecule has 1 fully saturated rings. The minimum absolute atomic E-state index is 0.183. The number of ether oxygens (including phenoxy) is 2. The third-order valence-electron chi connectivity index (χ3n) is 6.00. The molecule has 0 spiro atoms. The molecule has 0 bridgehead atoms. The first-order chi connectivity index (χ1) is 18.9. The third-order valence-corrected chi connectivity index (χ3v) is 8.04. The molecule has 0 saturated carbocycles. The lowest BCUT2D eigenvalue weighted by Gasteiger charge is -2.15. The predicted octanol–water partition coefficient (Wildman–Crippen LogP) is 7.95. The summed E-state index contributed by atoms with van der Waals surface area (Å²) in [5.41, 5.74) is 1.77. The second kappa shape index (κ2) is 11.8. The zero-order valence-electron chi connectivity index (χ0n) is 20.6. The Balaban J connectivity index is 1.41. The van der Waals surface area contributed by atoms with E-state index in [0.29, 0.717) is 26.4 Å². The summed E-state index contributed by atoms with van der Waals surface area (Å²) in [7, 11) is 0. The third kappa shape index (κ3) is 5.83. The quantitative estimate of drug-likeness (QED) is 0.0861. The number of thioether (sulfide) groups is 1. The number of esters is 1. The SMILES string of the molecule is CCOc1cc(/C=C2\SC(=O)N(Cc3cccc4ccccc34)C2=O)cc(I)c1OC(=O)c1ccccc1Cl. The monoisotopic (exact) mass is 669 g/mol. The molecule has 1 aliphatic heterocycles. The highest BCUT2D eigenvalue weighted by Gasteiger charge is 2.35. The average Bonchev–Trinajstić information content (AvgIpc) is 3.18. The van der Waals surface area contributed by atoms with E-state index in [1.54, 1.807) is 42.5 Å². The first-order valence-corrected chi connectivity index (χ1v) is 14.3. The van der Waals surface area contributed by atoms with Crippen LogP contribution in [0, 0.1) is 3.57 Å². The molecule has 0 aromatic heterocycles. The van der Waals surface area contributed by atoms with Crippen LogP contribution in [0.1, 0.15) is 28.4 Å². The van der Waals surface area contributed by atoms with E-state index in [0.717, 1.165) is 28.1 Å². The number of carbonyl (C=O) groups excluding carboxylic acids is 3. The highest BCUT2D eigenvalue weighted by molar-refractivity contribution is 14.1. The van der Waals surface area contributed by atoms with Gasteiger partial charge in [-0.15, -0.1) is 0 Å². The molecule has 2 amide bonds. The van der Waals surface area contributed by atoms with Gasteiger partial charge in [-0.3, -0.25) is 14.5 Å². The number of imide groups is 1. The number of amides is 2. The van der Waals surface area contributed by atoms with Gasteiger partial charge in [-0.25, -0.2) is 4.79 Å². The lowest BCUT2D eigenvalue weighted by molar-refractivity contribution is -0.123. The Hall–Kier alpha value is -3.34. The molecule has 0 radical (unpaired) electrons. The fourth-order valence-electron chi connectivity index (χ4n) is 4.20. The van der Waals surface area contributed by atoms with E-state index >= 15 is 0 Å². The van der Waals surface area contributed by atoms with Crippen LogP contribution in [0.25, 0.3) is 16.8 Å². The van der Waals surface area contributed by atoms with Gasteiger partial charge < -0.3 is 9.47 Å². The second-order valence-electron chi connectivity index (χ2n) is 8.54. The molecule has 0 unspecified atom stereocenters. The Kier molecular flexibility index (Phi) is 8.25.